The Kier molecular flexibility index (Phi) is 4.13. The minimum absolute atomic E-state index is 0.0584. The number of aromatic amines is 1. The van der Waals surface area contributed by atoms with Gasteiger partial charge in [0.05, 0.1) is 22.8 Å². The molecule has 1 aliphatic heterocycles. The molecule has 4 aromatic rings. The Morgan fingerprint density at radius 3 is 2.79 bits per heavy atom. The number of nitrogens with one attached hydrogen (secondary N) is 2. The van der Waals surface area contributed by atoms with Crippen molar-refractivity contribution >= 4 is 46.5 Å². The highest BCUT2D eigenvalue weighted by molar-refractivity contribution is 7.03. The standard InChI is InChI=1S/C19H12F3N5OS/c20-13-7-14-18(17(22)16(13)21)26-19(25-14)24-11-1-3-12(4-2-11)28-27-6-5-15-10(9-27)8-23-29-15/h1-5,7-9H,6H2,(H2,24,25,26). The van der Waals surface area contributed by atoms with E-state index in [1.54, 1.807) is 35.5 Å². The van der Waals surface area contributed by atoms with E-state index >= 15 is 0 Å². The molecule has 0 atom stereocenters. The molecule has 0 saturated heterocycles. The Bertz CT molecular complexity index is 1330. The number of aromatic nitrogens is 3. The number of hydrogen-bond acceptors (Lipinski definition) is 6. The fourth-order valence-electron chi connectivity index (χ4n) is 2.94. The van der Waals surface area contributed by atoms with Gasteiger partial charge in [-0.3, -0.25) is 0 Å². The van der Waals surface area contributed by atoms with Gasteiger partial charge in [0.2, 0.25) is 5.95 Å². The van der Waals surface area contributed by atoms with Crippen molar-refractivity contribution in [3.05, 3.63) is 63.7 Å². The number of nitrogens with zero attached hydrogens (tertiary/aromatic N) is 3. The van der Waals surface area contributed by atoms with Gasteiger partial charge in [-0.25, -0.2) is 23.2 Å². The molecule has 146 valence electrons. The van der Waals surface area contributed by atoms with Crippen LogP contribution in [0.2, 0.25) is 0 Å². The number of imidazole rings is 1. The van der Waals surface area contributed by atoms with Crippen molar-refractivity contribution in [1.29, 1.82) is 0 Å². The highest BCUT2D eigenvalue weighted by Crippen LogP contribution is 2.25. The summed E-state index contributed by atoms with van der Waals surface area (Å²) in [6, 6.07) is 7.85. The van der Waals surface area contributed by atoms with E-state index in [1.165, 1.54) is 11.5 Å². The fraction of sp³-hybridized carbons (Fsp3) is 0.0526. The number of halogens is 3. The third kappa shape index (κ3) is 3.27. The Labute approximate surface area is 165 Å². The molecular formula is C19H12F3N5OS. The predicted octanol–water partition coefficient (Wildman–Crippen LogP) is 3.01. The predicted molar refractivity (Wildman–Crippen MR) is 103 cm³/mol. The van der Waals surface area contributed by atoms with Crippen molar-refractivity contribution in [1.82, 2.24) is 19.4 Å². The summed E-state index contributed by atoms with van der Waals surface area (Å²) in [5, 5.41) is 5.63. The molecule has 10 heteroatoms. The Morgan fingerprint density at radius 2 is 1.97 bits per heavy atom. The molecule has 6 nitrogen and oxygen atoms in total. The van der Waals surface area contributed by atoms with Gasteiger partial charge in [-0.2, -0.15) is 4.37 Å². The normalized spacial score (nSPS) is 13.0. The van der Waals surface area contributed by atoms with Crippen LogP contribution in [0, 0.1) is 17.5 Å². The zero-order chi connectivity index (χ0) is 20.0. The van der Waals surface area contributed by atoms with E-state index in [2.05, 4.69) is 19.7 Å². The van der Waals surface area contributed by atoms with Crippen LogP contribution in [0.15, 0.2) is 36.5 Å². The lowest BCUT2D eigenvalue weighted by Crippen LogP contribution is -2.34. The summed E-state index contributed by atoms with van der Waals surface area (Å²) in [6.45, 7) is 0.604. The fourth-order valence-corrected chi connectivity index (χ4v) is 3.58. The van der Waals surface area contributed by atoms with Crippen molar-refractivity contribution in [3.8, 4) is 5.75 Å². The zero-order valence-corrected chi connectivity index (χ0v) is 15.4. The summed E-state index contributed by atoms with van der Waals surface area (Å²) < 4.78 is 45.7. The summed E-state index contributed by atoms with van der Waals surface area (Å²) >= 11 is 1.44. The van der Waals surface area contributed by atoms with Crippen LogP contribution in [-0.2, 0) is 0 Å². The zero-order valence-electron chi connectivity index (χ0n) is 14.6. The van der Waals surface area contributed by atoms with Crippen molar-refractivity contribution in [2.45, 2.75) is 0 Å². The molecule has 3 heterocycles. The molecule has 0 spiro atoms. The van der Waals surface area contributed by atoms with E-state index in [-0.39, 0.29) is 17.0 Å². The number of H-pyrrole nitrogens is 1. The summed E-state index contributed by atoms with van der Waals surface area (Å²) in [5.74, 6) is -3.37. The number of fused-ring (bicyclic) bond motifs is 2. The lowest BCUT2D eigenvalue weighted by molar-refractivity contribution is 0.0278. The Hall–Kier alpha value is -3.53. The van der Waals surface area contributed by atoms with E-state index in [4.69, 9.17) is 4.84 Å². The monoisotopic (exact) mass is 415 g/mol. The van der Waals surface area contributed by atoms with Crippen LogP contribution >= 0.6 is 11.5 Å². The minimum Gasteiger partial charge on any atom is -0.380 e. The van der Waals surface area contributed by atoms with Crippen LogP contribution in [0.4, 0.5) is 24.8 Å². The van der Waals surface area contributed by atoms with Gasteiger partial charge in [0, 0.05) is 23.2 Å². The first kappa shape index (κ1) is 17.6. The SMILES string of the molecule is Fc1cc2[nH]c(Nc3ccc(ON4C=c5cnsc5=CC4)cc3)nc2c(F)c1F. The number of benzene rings is 2. The van der Waals surface area contributed by atoms with Crippen molar-refractivity contribution < 1.29 is 18.0 Å². The molecular weight excluding hydrogens is 403 g/mol. The summed E-state index contributed by atoms with van der Waals surface area (Å²) in [6.07, 6.45) is 5.70. The third-order valence-corrected chi connectivity index (χ3v) is 5.13. The largest absolute Gasteiger partial charge is 0.380 e. The molecule has 0 unspecified atom stereocenters. The molecule has 2 aromatic carbocycles. The lowest BCUT2D eigenvalue weighted by atomic mass is 10.3. The second kappa shape index (κ2) is 6.82. The first-order chi connectivity index (χ1) is 14.1. The Balaban J connectivity index is 1.32. The molecule has 0 bridgehead atoms. The van der Waals surface area contributed by atoms with Gasteiger partial charge in [0.25, 0.3) is 0 Å². The molecule has 2 N–H and O–H groups in total. The second-order valence-corrected chi connectivity index (χ2v) is 7.12. The van der Waals surface area contributed by atoms with E-state index < -0.39 is 17.5 Å². The summed E-state index contributed by atoms with van der Waals surface area (Å²) in [4.78, 5) is 12.5. The molecule has 5 rings (SSSR count). The van der Waals surface area contributed by atoms with Crippen LogP contribution < -0.4 is 19.9 Å². The summed E-state index contributed by atoms with van der Waals surface area (Å²) in [5.41, 5.74) is 0.421. The van der Waals surface area contributed by atoms with E-state index in [0.29, 0.717) is 18.0 Å². The maximum atomic E-state index is 13.8. The molecule has 0 saturated carbocycles. The summed E-state index contributed by atoms with van der Waals surface area (Å²) in [7, 11) is 0. The van der Waals surface area contributed by atoms with E-state index in [0.717, 1.165) is 15.8 Å². The van der Waals surface area contributed by atoms with Gasteiger partial charge in [0.15, 0.2) is 23.2 Å². The number of hydrogen-bond donors (Lipinski definition) is 2. The lowest BCUT2D eigenvalue weighted by Gasteiger charge is -2.20. The highest BCUT2D eigenvalue weighted by atomic mass is 32.1. The number of hydroxylamine groups is 2. The first-order valence-corrected chi connectivity index (χ1v) is 9.32. The van der Waals surface area contributed by atoms with Gasteiger partial charge < -0.3 is 15.1 Å². The first-order valence-electron chi connectivity index (χ1n) is 8.54. The van der Waals surface area contributed by atoms with E-state index in [9.17, 15) is 13.2 Å². The topological polar surface area (TPSA) is 66.1 Å². The van der Waals surface area contributed by atoms with Crippen LogP contribution in [0.25, 0.3) is 23.3 Å². The molecule has 0 aliphatic carbocycles. The van der Waals surface area contributed by atoms with Crippen molar-refractivity contribution in [2.24, 2.45) is 0 Å². The molecule has 0 fully saturated rings. The maximum absolute atomic E-state index is 13.8. The molecule has 1 aliphatic rings. The van der Waals surface area contributed by atoms with Crippen LogP contribution in [0.1, 0.15) is 0 Å². The van der Waals surface area contributed by atoms with Crippen LogP contribution in [-0.4, -0.2) is 25.9 Å². The minimum atomic E-state index is -1.55. The average Bonchev–Trinajstić information content (AvgIpc) is 3.34. The number of rotatable bonds is 4. The molecule has 2 aromatic heterocycles. The molecule has 0 amide bonds. The molecule has 0 radical (unpaired) electrons. The van der Waals surface area contributed by atoms with Gasteiger partial charge in [-0.15, -0.1) is 0 Å². The van der Waals surface area contributed by atoms with Gasteiger partial charge in [-0.05, 0) is 41.9 Å². The highest BCUT2D eigenvalue weighted by Gasteiger charge is 2.17. The Morgan fingerprint density at radius 1 is 1.14 bits per heavy atom. The van der Waals surface area contributed by atoms with Crippen molar-refractivity contribution in [3.63, 3.8) is 0 Å². The maximum Gasteiger partial charge on any atom is 0.205 e. The molecule has 29 heavy (non-hydrogen) atoms. The third-order valence-electron chi connectivity index (χ3n) is 4.32. The van der Waals surface area contributed by atoms with Crippen molar-refractivity contribution in [2.75, 3.05) is 11.9 Å². The second-order valence-electron chi connectivity index (χ2n) is 6.29. The van der Waals surface area contributed by atoms with Gasteiger partial charge in [-0.1, -0.05) is 0 Å². The van der Waals surface area contributed by atoms with Gasteiger partial charge >= 0.3 is 0 Å². The van der Waals surface area contributed by atoms with Crippen LogP contribution in [0.5, 0.6) is 5.75 Å². The van der Waals surface area contributed by atoms with Gasteiger partial charge in [0.1, 0.15) is 5.52 Å². The number of anilines is 2. The quantitative estimate of drug-likeness (QED) is 0.502. The van der Waals surface area contributed by atoms with E-state index in [1.807, 2.05) is 12.3 Å². The smallest absolute Gasteiger partial charge is 0.205 e. The average molecular weight is 415 g/mol. The van der Waals surface area contributed by atoms with Crippen LogP contribution in [0.3, 0.4) is 0 Å².